The Morgan fingerprint density at radius 1 is 1.15 bits per heavy atom. The summed E-state index contributed by atoms with van der Waals surface area (Å²) in [6, 6.07) is 12.9. The number of hydrogen-bond donors (Lipinski definition) is 2. The molecule has 3 aromatic rings. The summed E-state index contributed by atoms with van der Waals surface area (Å²) in [7, 11) is 0. The van der Waals surface area contributed by atoms with Crippen molar-refractivity contribution in [2.24, 2.45) is 0 Å². The van der Waals surface area contributed by atoms with Crippen molar-refractivity contribution in [3.05, 3.63) is 60.3 Å². The van der Waals surface area contributed by atoms with Crippen molar-refractivity contribution in [1.82, 2.24) is 25.3 Å². The summed E-state index contributed by atoms with van der Waals surface area (Å²) in [4.78, 5) is 19.1. The maximum Gasteiger partial charge on any atom is 0.161 e. The topological polar surface area (TPSA) is 69.7 Å². The van der Waals surface area contributed by atoms with Gasteiger partial charge < -0.3 is 15.2 Å². The molecule has 4 rings (SSSR count). The average molecular weight is 362 g/mol. The summed E-state index contributed by atoms with van der Waals surface area (Å²) < 4.78 is 0. The van der Waals surface area contributed by atoms with E-state index in [0.29, 0.717) is 6.04 Å². The zero-order chi connectivity index (χ0) is 18.5. The van der Waals surface area contributed by atoms with E-state index in [0.717, 1.165) is 61.8 Å². The van der Waals surface area contributed by atoms with Gasteiger partial charge in [-0.25, -0.2) is 15.0 Å². The minimum absolute atomic E-state index is 0.570. The zero-order valence-electron chi connectivity index (χ0n) is 15.7. The molecule has 1 aliphatic rings. The normalized spacial score (nSPS) is 15.2. The monoisotopic (exact) mass is 362 g/mol. The van der Waals surface area contributed by atoms with Crippen LogP contribution in [0.4, 0.5) is 5.82 Å². The summed E-state index contributed by atoms with van der Waals surface area (Å²) in [5.74, 6) is 1.85. The molecule has 0 unspecified atom stereocenters. The van der Waals surface area contributed by atoms with Crippen molar-refractivity contribution < 1.29 is 0 Å². The van der Waals surface area contributed by atoms with E-state index in [9.17, 15) is 0 Å². The smallest absolute Gasteiger partial charge is 0.161 e. The molecule has 0 radical (unpaired) electrons. The third kappa shape index (κ3) is 4.52. The van der Waals surface area contributed by atoms with Gasteiger partial charge in [0.25, 0.3) is 0 Å². The Kier molecular flexibility index (Phi) is 5.44. The first-order valence-electron chi connectivity index (χ1n) is 9.64. The van der Waals surface area contributed by atoms with Gasteiger partial charge in [-0.1, -0.05) is 30.3 Å². The third-order valence-corrected chi connectivity index (χ3v) is 5.07. The Balaban J connectivity index is 1.34. The molecule has 6 heteroatoms. The zero-order valence-corrected chi connectivity index (χ0v) is 15.7. The van der Waals surface area contributed by atoms with Crippen LogP contribution in [0, 0.1) is 6.92 Å². The van der Waals surface area contributed by atoms with Crippen molar-refractivity contribution in [3.8, 4) is 11.4 Å². The number of aromatic amines is 1. The highest BCUT2D eigenvalue weighted by Gasteiger charge is 2.20. The number of anilines is 1. The highest BCUT2D eigenvalue weighted by atomic mass is 15.2. The summed E-state index contributed by atoms with van der Waals surface area (Å²) in [5.41, 5.74) is 3.27. The number of aromatic nitrogens is 4. The van der Waals surface area contributed by atoms with E-state index < -0.39 is 0 Å². The first-order valence-corrected chi connectivity index (χ1v) is 9.64. The molecular formula is C21H26N6. The Bertz CT molecular complexity index is 838. The van der Waals surface area contributed by atoms with E-state index in [1.54, 1.807) is 6.33 Å². The van der Waals surface area contributed by atoms with Crippen molar-refractivity contribution in [3.63, 3.8) is 0 Å². The van der Waals surface area contributed by atoms with Gasteiger partial charge in [0.15, 0.2) is 5.82 Å². The van der Waals surface area contributed by atoms with Gasteiger partial charge in [-0.3, -0.25) is 0 Å². The Morgan fingerprint density at radius 3 is 2.70 bits per heavy atom. The Hall–Kier alpha value is -2.73. The maximum atomic E-state index is 4.83. The molecule has 1 saturated heterocycles. The molecule has 0 atom stereocenters. The number of piperidine rings is 1. The lowest BCUT2D eigenvalue weighted by Gasteiger charge is -2.33. The van der Waals surface area contributed by atoms with Crippen LogP contribution in [-0.4, -0.2) is 45.6 Å². The van der Waals surface area contributed by atoms with Gasteiger partial charge in [-0.05, 0) is 19.8 Å². The molecule has 0 aliphatic carbocycles. The van der Waals surface area contributed by atoms with Crippen LogP contribution < -0.4 is 10.2 Å². The molecule has 1 aromatic carbocycles. The molecular weight excluding hydrogens is 336 g/mol. The van der Waals surface area contributed by atoms with Crippen LogP contribution in [0.3, 0.4) is 0 Å². The standard InChI is InChI=1S/C21H26N6/c1-16-13-20(26-21(25-16)17-5-3-2-4-6-17)27-11-8-18(9-12-27)23-10-7-19-14-22-15-24-19/h2-6,13-15,18,23H,7-12H2,1H3,(H,22,24). The molecule has 0 amide bonds. The van der Waals surface area contributed by atoms with E-state index in [2.05, 4.69) is 43.4 Å². The molecule has 0 bridgehead atoms. The van der Waals surface area contributed by atoms with Gasteiger partial charge in [0.2, 0.25) is 0 Å². The number of imidazole rings is 1. The molecule has 2 aromatic heterocycles. The molecule has 27 heavy (non-hydrogen) atoms. The van der Waals surface area contributed by atoms with Crippen LogP contribution in [0.5, 0.6) is 0 Å². The van der Waals surface area contributed by atoms with Crippen molar-refractivity contribution >= 4 is 5.82 Å². The number of aryl methyl sites for hydroxylation is 1. The average Bonchev–Trinajstić information content (AvgIpc) is 3.22. The van der Waals surface area contributed by atoms with Crippen LogP contribution in [-0.2, 0) is 6.42 Å². The lowest BCUT2D eigenvalue weighted by atomic mass is 10.0. The van der Waals surface area contributed by atoms with Crippen LogP contribution in [0.25, 0.3) is 11.4 Å². The fourth-order valence-corrected chi connectivity index (χ4v) is 3.58. The van der Waals surface area contributed by atoms with Crippen LogP contribution >= 0.6 is 0 Å². The molecule has 0 saturated carbocycles. The number of nitrogens with one attached hydrogen (secondary N) is 2. The van der Waals surface area contributed by atoms with Crippen LogP contribution in [0.15, 0.2) is 48.9 Å². The van der Waals surface area contributed by atoms with Gasteiger partial charge in [0.1, 0.15) is 5.82 Å². The predicted molar refractivity (Wildman–Crippen MR) is 108 cm³/mol. The van der Waals surface area contributed by atoms with E-state index in [1.165, 1.54) is 5.69 Å². The fourth-order valence-electron chi connectivity index (χ4n) is 3.58. The van der Waals surface area contributed by atoms with E-state index in [4.69, 9.17) is 4.98 Å². The largest absolute Gasteiger partial charge is 0.356 e. The molecule has 2 N–H and O–H groups in total. The first kappa shape index (κ1) is 17.7. The molecule has 3 heterocycles. The van der Waals surface area contributed by atoms with E-state index in [1.807, 2.05) is 31.3 Å². The van der Waals surface area contributed by atoms with Gasteiger partial charge in [-0.2, -0.15) is 0 Å². The second-order valence-electron chi connectivity index (χ2n) is 7.10. The number of rotatable bonds is 6. The second kappa shape index (κ2) is 8.31. The van der Waals surface area contributed by atoms with Crippen LogP contribution in [0.2, 0.25) is 0 Å². The molecule has 0 spiro atoms. The van der Waals surface area contributed by atoms with Crippen molar-refractivity contribution in [2.75, 3.05) is 24.5 Å². The third-order valence-electron chi connectivity index (χ3n) is 5.07. The lowest BCUT2D eigenvalue weighted by Crippen LogP contribution is -2.43. The summed E-state index contributed by atoms with van der Waals surface area (Å²) in [6.07, 6.45) is 6.89. The summed E-state index contributed by atoms with van der Waals surface area (Å²) >= 11 is 0. The molecule has 1 fully saturated rings. The SMILES string of the molecule is Cc1cc(N2CCC(NCCc3cnc[nH]3)CC2)nc(-c2ccccc2)n1. The van der Waals surface area contributed by atoms with E-state index in [-0.39, 0.29) is 0 Å². The van der Waals surface area contributed by atoms with E-state index >= 15 is 0 Å². The number of nitrogens with zero attached hydrogens (tertiary/aromatic N) is 4. The maximum absolute atomic E-state index is 4.83. The Labute approximate surface area is 160 Å². The molecule has 6 nitrogen and oxygen atoms in total. The van der Waals surface area contributed by atoms with Gasteiger partial charge in [0, 0.05) is 61.3 Å². The van der Waals surface area contributed by atoms with Crippen molar-refractivity contribution in [1.29, 1.82) is 0 Å². The number of hydrogen-bond acceptors (Lipinski definition) is 5. The van der Waals surface area contributed by atoms with Gasteiger partial charge in [-0.15, -0.1) is 0 Å². The predicted octanol–water partition coefficient (Wildman–Crippen LogP) is 2.98. The minimum atomic E-state index is 0.570. The summed E-state index contributed by atoms with van der Waals surface area (Å²) in [6.45, 7) is 5.07. The fraction of sp³-hybridized carbons (Fsp3) is 0.381. The first-order chi connectivity index (χ1) is 13.3. The Morgan fingerprint density at radius 2 is 1.96 bits per heavy atom. The minimum Gasteiger partial charge on any atom is -0.356 e. The van der Waals surface area contributed by atoms with Gasteiger partial charge >= 0.3 is 0 Å². The number of benzene rings is 1. The lowest BCUT2D eigenvalue weighted by molar-refractivity contribution is 0.416. The highest BCUT2D eigenvalue weighted by molar-refractivity contribution is 5.57. The molecule has 140 valence electrons. The van der Waals surface area contributed by atoms with Crippen LogP contribution in [0.1, 0.15) is 24.2 Å². The quantitative estimate of drug-likeness (QED) is 0.705. The van der Waals surface area contributed by atoms with Crippen molar-refractivity contribution in [2.45, 2.75) is 32.2 Å². The second-order valence-corrected chi connectivity index (χ2v) is 7.10. The highest BCUT2D eigenvalue weighted by Crippen LogP contribution is 2.22. The van der Waals surface area contributed by atoms with Gasteiger partial charge in [0.05, 0.1) is 6.33 Å². The molecule has 1 aliphatic heterocycles. The number of H-pyrrole nitrogens is 1. The summed E-state index contributed by atoms with van der Waals surface area (Å²) in [5, 5.41) is 3.67.